The number of halogens is 1. The van der Waals surface area contributed by atoms with Gasteiger partial charge in [0.05, 0.1) is 11.6 Å². The number of ether oxygens (including phenoxy) is 2. The van der Waals surface area contributed by atoms with E-state index >= 15 is 0 Å². The van der Waals surface area contributed by atoms with Gasteiger partial charge in [0.15, 0.2) is 5.69 Å². The number of hydrogen-bond donors (Lipinski definition) is 2. The predicted molar refractivity (Wildman–Crippen MR) is 133 cm³/mol. The molecule has 4 aromatic rings. The summed E-state index contributed by atoms with van der Waals surface area (Å²) in [5, 5.41) is 18.9. The molecular formula is C26H24ClN2NaO7. The van der Waals surface area contributed by atoms with Gasteiger partial charge in [0.1, 0.15) is 30.8 Å². The number of nitrogens with zero attached hydrogens (tertiary/aromatic N) is 2. The van der Waals surface area contributed by atoms with Crippen LogP contribution in [-0.2, 0) is 13.2 Å². The van der Waals surface area contributed by atoms with Crippen LogP contribution in [0.4, 0.5) is 0 Å². The zero-order chi connectivity index (χ0) is 25.7. The van der Waals surface area contributed by atoms with Crippen LogP contribution in [0.5, 0.6) is 11.5 Å². The Morgan fingerprint density at radius 3 is 2.41 bits per heavy atom. The third kappa shape index (κ3) is 7.38. The van der Waals surface area contributed by atoms with Crippen molar-refractivity contribution in [2.75, 3.05) is 13.2 Å². The van der Waals surface area contributed by atoms with E-state index in [1.165, 1.54) is 0 Å². The second kappa shape index (κ2) is 13.1. The Hall–Kier alpha value is -2.79. The van der Waals surface area contributed by atoms with Crippen molar-refractivity contribution in [2.45, 2.75) is 26.2 Å². The van der Waals surface area contributed by atoms with Gasteiger partial charge in [0.25, 0.3) is 0 Å². The fourth-order valence-corrected chi connectivity index (χ4v) is 3.86. The molecule has 1 aromatic heterocycles. The fraction of sp³-hybridized carbons (Fsp3) is 0.231. The average Bonchev–Trinajstić information content (AvgIpc) is 3.19. The monoisotopic (exact) mass is 534 g/mol. The molecule has 188 valence electrons. The average molecular weight is 535 g/mol. The minimum Gasteiger partial charge on any atom is -0.491 e. The maximum absolute atomic E-state index is 11.5. The van der Waals surface area contributed by atoms with E-state index in [1.54, 1.807) is 36.4 Å². The summed E-state index contributed by atoms with van der Waals surface area (Å²) in [5.41, 5.74) is 3.81. The maximum Gasteiger partial charge on any atom is 1.00 e. The molecule has 11 heteroatoms. The largest absolute Gasteiger partial charge is 1.00 e. The van der Waals surface area contributed by atoms with Crippen molar-refractivity contribution in [3.8, 4) is 22.6 Å². The maximum atomic E-state index is 11.5. The van der Waals surface area contributed by atoms with Gasteiger partial charge in [-0.1, -0.05) is 41.9 Å². The van der Waals surface area contributed by atoms with Gasteiger partial charge in [-0.25, -0.2) is 4.79 Å². The quantitative estimate of drug-likeness (QED) is 0.267. The number of aromatic nitrogens is 2. The molecule has 0 bridgehead atoms. The molecule has 0 unspecified atom stereocenters. The molecule has 2 N–H and O–H groups in total. The van der Waals surface area contributed by atoms with E-state index < -0.39 is 17.5 Å². The molecule has 0 aliphatic rings. The summed E-state index contributed by atoms with van der Waals surface area (Å²) in [5.74, 6) is 0.224. The molecule has 0 aliphatic carbocycles. The van der Waals surface area contributed by atoms with E-state index in [0.29, 0.717) is 23.1 Å². The van der Waals surface area contributed by atoms with Crippen LogP contribution in [0.2, 0.25) is 5.02 Å². The van der Waals surface area contributed by atoms with Crippen molar-refractivity contribution in [1.29, 1.82) is 0 Å². The van der Waals surface area contributed by atoms with E-state index in [4.69, 9.17) is 30.7 Å². The Morgan fingerprint density at radius 1 is 1.03 bits per heavy atom. The summed E-state index contributed by atoms with van der Waals surface area (Å²) < 4.78 is 17.1. The van der Waals surface area contributed by atoms with Crippen LogP contribution in [0.25, 0.3) is 11.1 Å². The van der Waals surface area contributed by atoms with Crippen LogP contribution >= 0.6 is 11.6 Å². The van der Waals surface area contributed by atoms with E-state index in [0.717, 1.165) is 32.6 Å². The standard InChI is InChI=1S/C26H25ClN2O7.Na/c1-16-18(14-34-20-7-5-17(6-8-20)12-29-25(32)28-26(33)36-29)3-2-4-22(16)23-10-9-21(11-24(23)27)35-15-19(31)13-30;/h2-11,19,30-31H,12-15H2,1H3,(H,28,32,33);/q;+1/p-1/t19-;/m0./s1. The molecule has 9 nitrogen and oxygen atoms in total. The zero-order valence-corrected chi connectivity index (χ0v) is 23.1. The van der Waals surface area contributed by atoms with Crippen molar-refractivity contribution < 1.29 is 53.8 Å². The van der Waals surface area contributed by atoms with Crippen LogP contribution in [-0.4, -0.2) is 34.3 Å². The summed E-state index contributed by atoms with van der Waals surface area (Å²) in [6.45, 7) is 2.02. The van der Waals surface area contributed by atoms with Gasteiger partial charge in [0.2, 0.25) is 0 Å². The topological polar surface area (TPSA) is 125 Å². The zero-order valence-electron chi connectivity index (χ0n) is 20.4. The van der Waals surface area contributed by atoms with E-state index in [9.17, 15) is 14.7 Å². The van der Waals surface area contributed by atoms with Crippen molar-refractivity contribution in [1.82, 2.24) is 9.72 Å². The molecule has 0 aliphatic heterocycles. The van der Waals surface area contributed by atoms with Crippen LogP contribution in [0.15, 0.2) is 74.8 Å². The Kier molecular flexibility index (Phi) is 10.2. The SMILES string of the molecule is Cc1c(COc2ccc(Cn3oc(=O)[n-]c3=O)cc2)cccc1-c1ccc(OC[C@@H](O)CO)cc1Cl.[Na+]. The molecule has 0 spiro atoms. The molecule has 0 amide bonds. The van der Waals surface area contributed by atoms with Gasteiger partial charge in [-0.2, -0.15) is 0 Å². The normalized spacial score (nSPS) is 11.6. The van der Waals surface area contributed by atoms with Gasteiger partial charge in [0, 0.05) is 12.1 Å². The van der Waals surface area contributed by atoms with Gasteiger partial charge in [-0.05, 0) is 59.5 Å². The molecule has 4 rings (SSSR count). The molecule has 0 saturated carbocycles. The summed E-state index contributed by atoms with van der Waals surface area (Å²) in [6, 6.07) is 18.3. The second-order valence-corrected chi connectivity index (χ2v) is 8.51. The Labute approximate surface area is 239 Å². The van der Waals surface area contributed by atoms with Crippen molar-refractivity contribution >= 4 is 11.6 Å². The smallest absolute Gasteiger partial charge is 0.491 e. The first-order valence-electron chi connectivity index (χ1n) is 11.1. The first-order valence-corrected chi connectivity index (χ1v) is 11.5. The Balaban J connectivity index is 0.00000380. The second-order valence-electron chi connectivity index (χ2n) is 8.10. The Bertz CT molecular complexity index is 1450. The van der Waals surface area contributed by atoms with Crippen LogP contribution in [0.1, 0.15) is 16.7 Å². The van der Waals surface area contributed by atoms with Crippen LogP contribution < -0.4 is 55.5 Å². The summed E-state index contributed by atoms with van der Waals surface area (Å²) >= 11 is 6.52. The molecule has 0 fully saturated rings. The number of rotatable bonds is 10. The minimum atomic E-state index is -0.955. The van der Waals surface area contributed by atoms with Crippen molar-refractivity contribution in [2.24, 2.45) is 0 Å². The van der Waals surface area contributed by atoms with Gasteiger partial charge < -0.3 is 29.2 Å². The molecule has 1 atom stereocenters. The van der Waals surface area contributed by atoms with E-state index in [1.807, 2.05) is 31.2 Å². The minimum absolute atomic E-state index is 0. The van der Waals surface area contributed by atoms with Crippen molar-refractivity contribution in [3.63, 3.8) is 0 Å². The fourth-order valence-electron chi connectivity index (χ4n) is 3.59. The van der Waals surface area contributed by atoms with Crippen molar-refractivity contribution in [3.05, 3.63) is 103 Å². The van der Waals surface area contributed by atoms with Crippen LogP contribution in [0.3, 0.4) is 0 Å². The van der Waals surface area contributed by atoms with Gasteiger partial charge in [-0.3, -0.25) is 9.53 Å². The van der Waals surface area contributed by atoms with Gasteiger partial charge in [-0.15, -0.1) is 0 Å². The third-order valence-corrected chi connectivity index (χ3v) is 5.87. The molecule has 0 saturated heterocycles. The Morgan fingerprint density at radius 2 is 1.76 bits per heavy atom. The number of benzene rings is 3. The van der Waals surface area contributed by atoms with E-state index in [-0.39, 0.29) is 49.3 Å². The third-order valence-electron chi connectivity index (χ3n) is 5.56. The van der Waals surface area contributed by atoms with Gasteiger partial charge >= 0.3 is 35.3 Å². The summed E-state index contributed by atoms with van der Waals surface area (Å²) in [7, 11) is 0. The number of aliphatic hydroxyl groups is 2. The predicted octanol–water partition coefficient (Wildman–Crippen LogP) is -0.249. The summed E-state index contributed by atoms with van der Waals surface area (Å²) in [4.78, 5) is 25.8. The number of aliphatic hydroxyl groups excluding tert-OH is 2. The molecular weight excluding hydrogens is 511 g/mol. The summed E-state index contributed by atoms with van der Waals surface area (Å²) in [6.07, 6.45) is -0.955. The molecule has 3 aromatic carbocycles. The van der Waals surface area contributed by atoms with E-state index in [2.05, 4.69) is 4.98 Å². The molecule has 0 radical (unpaired) electrons. The number of hydrogen-bond acceptors (Lipinski definition) is 7. The first-order chi connectivity index (χ1) is 17.3. The van der Waals surface area contributed by atoms with Crippen LogP contribution in [0, 0.1) is 6.92 Å². The molecule has 37 heavy (non-hydrogen) atoms. The molecule has 1 heterocycles. The first kappa shape index (κ1) is 28.8.